The number of aryl methyl sites for hydroxylation is 1. The molecular weight excluding hydrogens is 368 g/mol. The Bertz CT molecular complexity index is 883. The maximum absolute atomic E-state index is 12.6. The van der Waals surface area contributed by atoms with Crippen molar-refractivity contribution < 1.29 is 9.59 Å². The molecule has 4 nitrogen and oxygen atoms in total. The quantitative estimate of drug-likeness (QED) is 0.583. The number of nitrogens with zero attached hydrogens (tertiary/aromatic N) is 2. The summed E-state index contributed by atoms with van der Waals surface area (Å²) in [6, 6.07) is 4.40. The van der Waals surface area contributed by atoms with Crippen molar-refractivity contribution in [3.05, 3.63) is 39.8 Å². The molecule has 150 valence electrons. The van der Waals surface area contributed by atoms with Gasteiger partial charge in [-0.2, -0.15) is 0 Å². The highest BCUT2D eigenvalue weighted by atomic mass is 32.2. The van der Waals surface area contributed by atoms with Crippen molar-refractivity contribution in [2.45, 2.75) is 59.9 Å². The number of amides is 2. The number of anilines is 1. The highest BCUT2D eigenvalue weighted by Crippen LogP contribution is 2.41. The van der Waals surface area contributed by atoms with Crippen LogP contribution in [-0.4, -0.2) is 34.7 Å². The van der Waals surface area contributed by atoms with Crippen LogP contribution in [0.3, 0.4) is 0 Å². The van der Waals surface area contributed by atoms with Gasteiger partial charge in [0.05, 0.1) is 10.4 Å². The molecule has 1 saturated heterocycles. The lowest BCUT2D eigenvalue weighted by atomic mass is 9.86. The summed E-state index contributed by atoms with van der Waals surface area (Å²) < 4.78 is 0. The van der Waals surface area contributed by atoms with Gasteiger partial charge in [-0.3, -0.25) is 14.5 Å². The molecule has 0 aromatic heterocycles. The van der Waals surface area contributed by atoms with Crippen LogP contribution in [0.15, 0.2) is 23.1 Å². The molecule has 1 aromatic rings. The van der Waals surface area contributed by atoms with Crippen molar-refractivity contribution >= 4 is 40.2 Å². The van der Waals surface area contributed by atoms with Gasteiger partial charge in [0.25, 0.3) is 11.1 Å². The molecule has 0 radical (unpaired) electrons. The number of rotatable bonds is 5. The van der Waals surface area contributed by atoms with Crippen molar-refractivity contribution in [2.24, 2.45) is 0 Å². The third-order valence-electron chi connectivity index (χ3n) is 5.42. The molecule has 0 spiro atoms. The summed E-state index contributed by atoms with van der Waals surface area (Å²) in [6.45, 7) is 14.4. The van der Waals surface area contributed by atoms with Crippen LogP contribution in [0.25, 0.3) is 11.6 Å². The first-order chi connectivity index (χ1) is 13.2. The van der Waals surface area contributed by atoms with Crippen LogP contribution >= 0.6 is 11.8 Å². The van der Waals surface area contributed by atoms with Crippen molar-refractivity contribution in [1.82, 2.24) is 4.90 Å². The van der Waals surface area contributed by atoms with Crippen LogP contribution in [0.4, 0.5) is 10.5 Å². The van der Waals surface area contributed by atoms with Gasteiger partial charge < -0.3 is 4.90 Å². The number of carbonyl (C=O) groups excluding carboxylic acids is 2. The zero-order valence-corrected chi connectivity index (χ0v) is 18.6. The number of thioether (sulfide) groups is 1. The summed E-state index contributed by atoms with van der Waals surface area (Å²) in [7, 11) is 0. The normalized spacial score (nSPS) is 20.1. The Hall–Kier alpha value is -2.01. The van der Waals surface area contributed by atoms with Gasteiger partial charge in [-0.15, -0.1) is 0 Å². The van der Waals surface area contributed by atoms with E-state index in [2.05, 4.69) is 57.7 Å². The van der Waals surface area contributed by atoms with Crippen molar-refractivity contribution in [3.63, 3.8) is 0 Å². The zero-order chi connectivity index (χ0) is 20.6. The molecule has 0 N–H and O–H groups in total. The van der Waals surface area contributed by atoms with E-state index < -0.39 is 0 Å². The molecule has 0 saturated carbocycles. The molecule has 1 fully saturated rings. The van der Waals surface area contributed by atoms with Gasteiger partial charge in [0, 0.05) is 24.3 Å². The maximum atomic E-state index is 12.6. The molecule has 1 aromatic carbocycles. The number of hydrogen-bond acceptors (Lipinski definition) is 4. The fraction of sp³-hybridized carbons (Fsp3) is 0.478. The van der Waals surface area contributed by atoms with Crippen LogP contribution in [0.5, 0.6) is 0 Å². The van der Waals surface area contributed by atoms with Crippen molar-refractivity contribution in [1.29, 1.82) is 0 Å². The van der Waals surface area contributed by atoms with E-state index >= 15 is 0 Å². The SMILES string of the molecule is CCCN1C(=O)S/C(=C/c2cc3c(cc2C)N(CCC)C(C)(C)C=C3C)C1=O. The topological polar surface area (TPSA) is 40.6 Å². The molecule has 5 heteroatoms. The lowest BCUT2D eigenvalue weighted by molar-refractivity contribution is -0.122. The average molecular weight is 399 g/mol. The van der Waals surface area contributed by atoms with Crippen LogP contribution in [0.2, 0.25) is 0 Å². The second kappa shape index (κ2) is 7.78. The Kier molecular flexibility index (Phi) is 5.76. The van der Waals surface area contributed by atoms with Gasteiger partial charge in [0.15, 0.2) is 0 Å². The number of benzene rings is 1. The predicted molar refractivity (Wildman–Crippen MR) is 120 cm³/mol. The number of imide groups is 1. The lowest BCUT2D eigenvalue weighted by Crippen LogP contribution is -2.45. The Morgan fingerprint density at radius 2 is 1.75 bits per heavy atom. The minimum absolute atomic E-state index is 0.0240. The first kappa shape index (κ1) is 20.7. The molecule has 2 amide bonds. The molecule has 28 heavy (non-hydrogen) atoms. The fourth-order valence-corrected chi connectivity index (χ4v) is 4.95. The molecule has 0 unspecified atom stereocenters. The Balaban J connectivity index is 2.04. The summed E-state index contributed by atoms with van der Waals surface area (Å²) in [6.07, 6.45) is 6.06. The van der Waals surface area contributed by atoms with Crippen molar-refractivity contribution in [2.75, 3.05) is 18.0 Å². The van der Waals surface area contributed by atoms with Crippen LogP contribution in [-0.2, 0) is 4.79 Å². The molecule has 0 aliphatic carbocycles. The van der Waals surface area contributed by atoms with E-state index in [4.69, 9.17) is 0 Å². The summed E-state index contributed by atoms with van der Waals surface area (Å²) in [4.78, 5) is 29.1. The number of hydrogen-bond donors (Lipinski definition) is 0. The Labute approximate surface area is 172 Å². The van der Waals surface area contributed by atoms with Gasteiger partial charge >= 0.3 is 0 Å². The van der Waals surface area contributed by atoms with Gasteiger partial charge in [-0.1, -0.05) is 19.9 Å². The number of fused-ring (bicyclic) bond motifs is 1. The van der Waals surface area contributed by atoms with Crippen LogP contribution < -0.4 is 4.90 Å². The predicted octanol–water partition coefficient (Wildman–Crippen LogP) is 5.85. The van der Waals surface area contributed by atoms with Gasteiger partial charge in [-0.25, -0.2) is 0 Å². The third kappa shape index (κ3) is 3.64. The Morgan fingerprint density at radius 3 is 2.39 bits per heavy atom. The van der Waals surface area contributed by atoms with E-state index in [0.29, 0.717) is 11.4 Å². The highest BCUT2D eigenvalue weighted by Gasteiger charge is 2.35. The van der Waals surface area contributed by atoms with E-state index in [1.54, 1.807) is 0 Å². The van der Waals surface area contributed by atoms with Crippen LogP contribution in [0, 0.1) is 6.92 Å². The van der Waals surface area contributed by atoms with Gasteiger partial charge in [0.2, 0.25) is 0 Å². The van der Waals surface area contributed by atoms with E-state index in [-0.39, 0.29) is 16.7 Å². The molecular formula is C23H30N2O2S. The monoisotopic (exact) mass is 398 g/mol. The van der Waals surface area contributed by atoms with Gasteiger partial charge in [0.1, 0.15) is 0 Å². The molecule has 2 heterocycles. The minimum Gasteiger partial charge on any atom is -0.362 e. The molecule has 2 aliphatic rings. The van der Waals surface area contributed by atoms with E-state index in [1.165, 1.54) is 21.7 Å². The lowest BCUT2D eigenvalue weighted by Gasteiger charge is -2.43. The van der Waals surface area contributed by atoms with Crippen molar-refractivity contribution in [3.8, 4) is 0 Å². The second-order valence-electron chi connectivity index (χ2n) is 8.19. The van der Waals surface area contributed by atoms with E-state index in [1.807, 2.05) is 13.0 Å². The second-order valence-corrected chi connectivity index (χ2v) is 9.19. The molecule has 0 atom stereocenters. The first-order valence-electron chi connectivity index (χ1n) is 10.1. The molecule has 0 bridgehead atoms. The highest BCUT2D eigenvalue weighted by molar-refractivity contribution is 8.18. The number of allylic oxidation sites excluding steroid dienone is 1. The van der Waals surface area contributed by atoms with E-state index in [9.17, 15) is 9.59 Å². The summed E-state index contributed by atoms with van der Waals surface area (Å²) >= 11 is 1.05. The summed E-state index contributed by atoms with van der Waals surface area (Å²) in [5.74, 6) is -0.171. The third-order valence-corrected chi connectivity index (χ3v) is 6.33. The summed E-state index contributed by atoms with van der Waals surface area (Å²) in [5, 5.41) is -0.166. The zero-order valence-electron chi connectivity index (χ0n) is 17.8. The number of carbonyl (C=O) groups is 2. The van der Waals surface area contributed by atoms with Crippen LogP contribution in [0.1, 0.15) is 64.2 Å². The smallest absolute Gasteiger partial charge is 0.293 e. The largest absolute Gasteiger partial charge is 0.362 e. The maximum Gasteiger partial charge on any atom is 0.293 e. The summed E-state index contributed by atoms with van der Waals surface area (Å²) in [5.41, 5.74) is 5.81. The van der Waals surface area contributed by atoms with Gasteiger partial charge in [-0.05, 0) is 87.2 Å². The fourth-order valence-electron chi connectivity index (χ4n) is 4.09. The minimum atomic E-state index is -0.171. The van der Waals surface area contributed by atoms with E-state index in [0.717, 1.165) is 42.3 Å². The first-order valence-corrected chi connectivity index (χ1v) is 10.9. The standard InChI is InChI=1S/C23H30N2O2S/c1-7-9-24-21(26)20(28-22(24)27)13-17-12-18-16(4)14-23(5,6)25(10-8-2)19(18)11-15(17)3/h11-14H,7-10H2,1-6H3/b20-13+. The molecule has 2 aliphatic heterocycles. The average Bonchev–Trinajstić information content (AvgIpc) is 2.87. The Morgan fingerprint density at radius 1 is 1.07 bits per heavy atom. The molecule has 3 rings (SSSR count).